The fourth-order valence-electron chi connectivity index (χ4n) is 3.21. The first kappa shape index (κ1) is 21.1. The Hall–Kier alpha value is -2.25. The van der Waals surface area contributed by atoms with E-state index in [1.165, 1.54) is 19.9 Å². The molecular weight excluding hydrogens is 352 g/mol. The largest absolute Gasteiger partial charge is 0.455 e. The molecule has 0 saturated carbocycles. The summed E-state index contributed by atoms with van der Waals surface area (Å²) in [5, 5.41) is 21.5. The van der Waals surface area contributed by atoms with Crippen LogP contribution < -0.4 is 0 Å². The Morgan fingerprint density at radius 2 is 2.04 bits per heavy atom. The maximum Gasteiger partial charge on any atom is 0.334 e. The second-order valence-corrected chi connectivity index (χ2v) is 7.29. The predicted molar refractivity (Wildman–Crippen MR) is 96.4 cm³/mol. The van der Waals surface area contributed by atoms with Crippen molar-refractivity contribution >= 4 is 17.7 Å². The van der Waals surface area contributed by atoms with Crippen LogP contribution in [0.1, 0.15) is 40.5 Å². The van der Waals surface area contributed by atoms with Gasteiger partial charge in [0.05, 0.1) is 5.92 Å². The number of allylic oxidation sites excluding steroid dienone is 2. The smallest absolute Gasteiger partial charge is 0.334 e. The van der Waals surface area contributed by atoms with E-state index in [9.17, 15) is 24.6 Å². The van der Waals surface area contributed by atoms with Crippen LogP contribution in [0, 0.1) is 5.92 Å². The van der Waals surface area contributed by atoms with Crippen LogP contribution in [0.4, 0.5) is 0 Å². The number of ketones is 1. The lowest BCUT2D eigenvalue weighted by Gasteiger charge is -2.37. The van der Waals surface area contributed by atoms with E-state index >= 15 is 0 Å². The van der Waals surface area contributed by atoms with E-state index in [-0.39, 0.29) is 17.6 Å². The van der Waals surface area contributed by atoms with Gasteiger partial charge in [0.1, 0.15) is 23.9 Å². The summed E-state index contributed by atoms with van der Waals surface area (Å²) in [6.45, 7) is 9.84. The highest BCUT2D eigenvalue weighted by Gasteiger charge is 2.53. The fourth-order valence-corrected chi connectivity index (χ4v) is 3.21. The average molecular weight is 378 g/mol. The van der Waals surface area contributed by atoms with Crippen LogP contribution in [0.5, 0.6) is 0 Å². The molecule has 0 aromatic heterocycles. The highest BCUT2D eigenvalue weighted by Crippen LogP contribution is 2.38. The summed E-state index contributed by atoms with van der Waals surface area (Å²) in [7, 11) is 0. The second-order valence-electron chi connectivity index (χ2n) is 7.29. The van der Waals surface area contributed by atoms with E-state index in [0.717, 1.165) is 5.57 Å². The number of hydrogen-bond donors (Lipinski definition) is 2. The molecule has 0 radical (unpaired) electrons. The Balaban J connectivity index is 2.57. The van der Waals surface area contributed by atoms with Crippen molar-refractivity contribution in [1.29, 1.82) is 0 Å². The van der Waals surface area contributed by atoms with E-state index in [2.05, 4.69) is 6.58 Å². The van der Waals surface area contributed by atoms with Crippen molar-refractivity contribution in [1.82, 2.24) is 0 Å². The Labute approximate surface area is 158 Å². The average Bonchev–Trinajstić information content (AvgIpc) is 2.88. The third-order valence-corrected chi connectivity index (χ3v) is 5.26. The Bertz CT molecular complexity index is 729. The minimum Gasteiger partial charge on any atom is -0.455 e. The molecule has 0 spiro atoms. The van der Waals surface area contributed by atoms with Gasteiger partial charge in [0.15, 0.2) is 5.78 Å². The Kier molecular flexibility index (Phi) is 6.07. The third-order valence-electron chi connectivity index (χ3n) is 5.26. The quantitative estimate of drug-likeness (QED) is 0.424. The number of carbonyl (C=O) groups is 3. The van der Waals surface area contributed by atoms with Crippen molar-refractivity contribution in [2.45, 2.75) is 64.4 Å². The third kappa shape index (κ3) is 4.04. The van der Waals surface area contributed by atoms with Gasteiger partial charge < -0.3 is 19.7 Å². The minimum absolute atomic E-state index is 0.00672. The van der Waals surface area contributed by atoms with Crippen molar-refractivity contribution in [2.24, 2.45) is 5.92 Å². The molecule has 148 valence electrons. The van der Waals surface area contributed by atoms with E-state index in [1.54, 1.807) is 19.9 Å². The molecular formula is C20H26O7. The zero-order chi connectivity index (χ0) is 20.5. The first-order chi connectivity index (χ1) is 12.5. The van der Waals surface area contributed by atoms with E-state index < -0.39 is 47.6 Å². The number of hydrogen-bond acceptors (Lipinski definition) is 7. The van der Waals surface area contributed by atoms with Crippen molar-refractivity contribution in [3.8, 4) is 0 Å². The number of fused-ring (bicyclic) bond motifs is 1. The summed E-state index contributed by atoms with van der Waals surface area (Å²) in [6.07, 6.45) is -0.423. The highest BCUT2D eigenvalue weighted by atomic mass is 16.6. The van der Waals surface area contributed by atoms with E-state index in [0.29, 0.717) is 6.42 Å². The fraction of sp³-hybridized carbons (Fsp3) is 0.550. The predicted octanol–water partition coefficient (Wildman–Crippen LogP) is 1.38. The first-order valence-electron chi connectivity index (χ1n) is 8.85. The molecule has 1 saturated heterocycles. The molecule has 1 aliphatic carbocycles. The molecule has 0 bridgehead atoms. The van der Waals surface area contributed by atoms with Gasteiger partial charge in [-0.25, -0.2) is 9.59 Å². The number of carbonyl (C=O) groups excluding carboxylic acids is 3. The summed E-state index contributed by atoms with van der Waals surface area (Å²) in [4.78, 5) is 36.9. The van der Waals surface area contributed by atoms with Gasteiger partial charge >= 0.3 is 11.9 Å². The van der Waals surface area contributed by atoms with Gasteiger partial charge in [-0.15, -0.1) is 0 Å². The summed E-state index contributed by atoms with van der Waals surface area (Å²) in [5.41, 5.74) is -1.09. The lowest BCUT2D eigenvalue weighted by atomic mass is 9.78. The SMILES string of the molecule is C=C1C(=O)O[C@@H]2/C=C(\C)CCC(=O)[C@@](C)(O)[C@@H](O)[C@@H](OC(=O)/C(C)=C\C)[C@@H]12. The number of rotatable bonds is 2. The molecule has 1 aliphatic heterocycles. The van der Waals surface area contributed by atoms with Gasteiger partial charge in [0, 0.05) is 17.6 Å². The monoisotopic (exact) mass is 378 g/mol. The Morgan fingerprint density at radius 1 is 1.41 bits per heavy atom. The van der Waals surface area contributed by atoms with Crippen LogP contribution in [0.2, 0.25) is 0 Å². The molecule has 0 aromatic rings. The number of ether oxygens (including phenoxy) is 2. The minimum atomic E-state index is -2.16. The van der Waals surface area contributed by atoms with Crippen LogP contribution >= 0.6 is 0 Å². The highest BCUT2D eigenvalue weighted by molar-refractivity contribution is 5.92. The topological polar surface area (TPSA) is 110 Å². The molecule has 5 atom stereocenters. The molecule has 0 unspecified atom stereocenters. The molecule has 7 nitrogen and oxygen atoms in total. The molecule has 1 fully saturated rings. The molecule has 2 rings (SSSR count). The van der Waals surface area contributed by atoms with Crippen LogP contribution in [0.3, 0.4) is 0 Å². The van der Waals surface area contributed by atoms with E-state index in [1.807, 2.05) is 0 Å². The van der Waals surface area contributed by atoms with Crippen molar-refractivity contribution < 1.29 is 34.1 Å². The van der Waals surface area contributed by atoms with Crippen molar-refractivity contribution in [2.75, 3.05) is 0 Å². The summed E-state index contributed by atoms with van der Waals surface area (Å²) >= 11 is 0. The van der Waals surface area contributed by atoms with Gasteiger partial charge in [-0.05, 0) is 40.2 Å². The molecule has 7 heteroatoms. The lowest BCUT2D eigenvalue weighted by Crippen LogP contribution is -2.57. The maximum atomic E-state index is 12.5. The molecule has 1 heterocycles. The normalized spacial score (nSPS) is 37.2. The Morgan fingerprint density at radius 3 is 2.63 bits per heavy atom. The first-order valence-corrected chi connectivity index (χ1v) is 8.85. The van der Waals surface area contributed by atoms with Crippen molar-refractivity contribution in [3.63, 3.8) is 0 Å². The van der Waals surface area contributed by atoms with Crippen LogP contribution in [0.25, 0.3) is 0 Å². The molecule has 0 aromatic carbocycles. The lowest BCUT2D eigenvalue weighted by molar-refractivity contribution is -0.179. The van der Waals surface area contributed by atoms with Gasteiger partial charge in [-0.2, -0.15) is 0 Å². The van der Waals surface area contributed by atoms with Gasteiger partial charge in [-0.3, -0.25) is 4.79 Å². The van der Waals surface area contributed by atoms with Gasteiger partial charge in [0.2, 0.25) is 0 Å². The zero-order valence-corrected chi connectivity index (χ0v) is 16.0. The molecule has 0 amide bonds. The number of Topliss-reactive ketones (excluding diaryl/α,β-unsaturated/α-hetero) is 1. The number of aliphatic hydroxyl groups is 2. The van der Waals surface area contributed by atoms with Crippen LogP contribution in [-0.4, -0.2) is 51.8 Å². The van der Waals surface area contributed by atoms with E-state index in [4.69, 9.17) is 9.47 Å². The van der Waals surface area contributed by atoms with Crippen LogP contribution in [0.15, 0.2) is 35.5 Å². The van der Waals surface area contributed by atoms with Gasteiger partial charge in [-0.1, -0.05) is 18.2 Å². The number of esters is 2. The summed E-state index contributed by atoms with van der Waals surface area (Å²) in [6, 6.07) is 0. The molecule has 2 aliphatic rings. The van der Waals surface area contributed by atoms with Gasteiger partial charge in [0.25, 0.3) is 0 Å². The second kappa shape index (κ2) is 7.78. The summed E-state index contributed by atoms with van der Waals surface area (Å²) < 4.78 is 10.8. The number of aliphatic hydroxyl groups excluding tert-OH is 1. The maximum absolute atomic E-state index is 12.5. The van der Waals surface area contributed by atoms with Crippen molar-refractivity contribution in [3.05, 3.63) is 35.5 Å². The zero-order valence-electron chi connectivity index (χ0n) is 16.0. The molecule has 2 N–H and O–H groups in total. The van der Waals surface area contributed by atoms with Crippen LogP contribution in [-0.2, 0) is 23.9 Å². The standard InChI is InChI=1S/C20H26O7/c1-6-11(3)18(23)27-16-15-12(4)19(24)26-13(15)9-10(2)7-8-14(21)20(5,25)17(16)22/h6,9,13,15-17,22,25H,4,7-8H2,1-3,5H3/b10-9+,11-6-/t13-,15+,16+,17+,20-/m1/s1. The summed E-state index contributed by atoms with van der Waals surface area (Å²) in [5.74, 6) is -2.90. The molecule has 27 heavy (non-hydrogen) atoms.